The zero-order chi connectivity index (χ0) is 25.4. The molecular formula is C21H20ClN5O6S2. The number of anilines is 3. The number of amides is 1. The molecule has 1 aliphatic heterocycles. The number of ether oxygens (including phenoxy) is 1. The van der Waals surface area contributed by atoms with E-state index in [-0.39, 0.29) is 34.5 Å². The third-order valence-electron chi connectivity index (χ3n) is 4.94. The van der Waals surface area contributed by atoms with Crippen molar-refractivity contribution in [2.45, 2.75) is 17.9 Å². The molecule has 0 spiro atoms. The number of nitrogens with one attached hydrogen (secondary N) is 2. The zero-order valence-corrected chi connectivity index (χ0v) is 20.9. The number of sulfonamides is 2. The molecule has 0 saturated heterocycles. The van der Waals surface area contributed by atoms with Crippen molar-refractivity contribution < 1.29 is 26.4 Å². The molecule has 1 aliphatic rings. The maximum Gasteiger partial charge on any atom is 0.267 e. The second kappa shape index (κ2) is 9.32. The molecule has 11 nitrogen and oxygen atoms in total. The van der Waals surface area contributed by atoms with Crippen LogP contribution in [0.15, 0.2) is 59.6 Å². The van der Waals surface area contributed by atoms with Crippen LogP contribution >= 0.6 is 11.6 Å². The number of aryl methyl sites for hydroxylation is 1. The van der Waals surface area contributed by atoms with Crippen molar-refractivity contribution in [2.75, 3.05) is 27.1 Å². The summed E-state index contributed by atoms with van der Waals surface area (Å²) in [6.07, 6.45) is 1.30. The van der Waals surface area contributed by atoms with Crippen LogP contribution in [0.25, 0.3) is 0 Å². The van der Waals surface area contributed by atoms with Crippen molar-refractivity contribution in [2.24, 2.45) is 0 Å². The summed E-state index contributed by atoms with van der Waals surface area (Å²) in [6, 6.07) is 11.5. The largest absolute Gasteiger partial charge is 0.476 e. The number of carbonyl (C=O) groups is 1. The van der Waals surface area contributed by atoms with Crippen LogP contribution in [0.2, 0.25) is 5.02 Å². The van der Waals surface area contributed by atoms with Gasteiger partial charge in [0.2, 0.25) is 16.0 Å². The Kier molecular flexibility index (Phi) is 6.58. The van der Waals surface area contributed by atoms with Crippen LogP contribution in [0.1, 0.15) is 5.69 Å². The van der Waals surface area contributed by atoms with Crippen molar-refractivity contribution in [1.29, 1.82) is 0 Å². The molecule has 1 atom stereocenters. The van der Waals surface area contributed by atoms with E-state index >= 15 is 0 Å². The second-order valence-electron chi connectivity index (χ2n) is 7.65. The molecule has 0 aliphatic carbocycles. The molecule has 35 heavy (non-hydrogen) atoms. The number of halogens is 1. The minimum absolute atomic E-state index is 0.0613. The molecule has 0 radical (unpaired) electrons. The Morgan fingerprint density at radius 2 is 1.83 bits per heavy atom. The Labute approximate surface area is 207 Å². The fourth-order valence-corrected chi connectivity index (χ4v) is 5.32. The van der Waals surface area contributed by atoms with Crippen LogP contribution in [0.5, 0.6) is 5.75 Å². The number of aromatic nitrogens is 2. The smallest absolute Gasteiger partial charge is 0.267 e. The predicted octanol–water partition coefficient (Wildman–Crippen LogP) is 2.40. The van der Waals surface area contributed by atoms with Crippen LogP contribution < -0.4 is 19.1 Å². The molecular weight excluding hydrogens is 518 g/mol. The molecule has 2 aromatic carbocycles. The van der Waals surface area contributed by atoms with Gasteiger partial charge in [-0.1, -0.05) is 11.6 Å². The molecule has 14 heteroatoms. The van der Waals surface area contributed by atoms with Crippen LogP contribution in [0.4, 0.5) is 17.3 Å². The van der Waals surface area contributed by atoms with Crippen molar-refractivity contribution >= 4 is 54.9 Å². The summed E-state index contributed by atoms with van der Waals surface area (Å²) >= 11 is 5.98. The zero-order valence-electron chi connectivity index (χ0n) is 18.5. The Balaban J connectivity index is 1.49. The lowest BCUT2D eigenvalue weighted by Crippen LogP contribution is -2.48. The summed E-state index contributed by atoms with van der Waals surface area (Å²) in [7, 11) is -7.67. The molecule has 1 amide bonds. The van der Waals surface area contributed by atoms with Gasteiger partial charge in [-0.2, -0.15) is 0 Å². The normalized spacial score (nSPS) is 15.6. The average Bonchev–Trinajstić information content (AvgIpc) is 2.77. The first-order chi connectivity index (χ1) is 16.4. The maximum absolute atomic E-state index is 12.8. The third kappa shape index (κ3) is 5.63. The van der Waals surface area contributed by atoms with Crippen LogP contribution in [0, 0.1) is 6.92 Å². The van der Waals surface area contributed by atoms with Gasteiger partial charge in [0.05, 0.1) is 23.4 Å². The van der Waals surface area contributed by atoms with E-state index in [0.717, 1.165) is 10.6 Å². The van der Waals surface area contributed by atoms with Gasteiger partial charge in [0.1, 0.15) is 5.75 Å². The molecule has 184 valence electrons. The van der Waals surface area contributed by atoms with Gasteiger partial charge < -0.3 is 10.1 Å². The summed E-state index contributed by atoms with van der Waals surface area (Å²) in [4.78, 5) is 20.7. The molecule has 1 aromatic heterocycles. The number of carbonyl (C=O) groups excluding carboxylic acids is 1. The van der Waals surface area contributed by atoms with E-state index in [9.17, 15) is 21.6 Å². The number of hydrogen-bond acceptors (Lipinski definition) is 8. The highest BCUT2D eigenvalue weighted by Gasteiger charge is 2.35. The Morgan fingerprint density at radius 1 is 1.11 bits per heavy atom. The lowest BCUT2D eigenvalue weighted by molar-refractivity contribution is -0.122. The number of fused-ring (bicyclic) bond motifs is 1. The van der Waals surface area contributed by atoms with Gasteiger partial charge in [-0.05, 0) is 55.5 Å². The quantitative estimate of drug-likeness (QED) is 0.487. The van der Waals surface area contributed by atoms with E-state index in [1.54, 1.807) is 13.0 Å². The maximum atomic E-state index is 12.8. The molecule has 2 heterocycles. The topological polar surface area (TPSA) is 148 Å². The average molecular weight is 538 g/mol. The van der Waals surface area contributed by atoms with Crippen LogP contribution in [0.3, 0.4) is 0 Å². The Morgan fingerprint density at radius 3 is 2.49 bits per heavy atom. The van der Waals surface area contributed by atoms with Crippen molar-refractivity contribution in [3.63, 3.8) is 0 Å². The highest BCUT2D eigenvalue weighted by Crippen LogP contribution is 2.37. The van der Waals surface area contributed by atoms with Gasteiger partial charge in [0, 0.05) is 22.6 Å². The van der Waals surface area contributed by atoms with E-state index < -0.39 is 32.1 Å². The first kappa shape index (κ1) is 24.7. The van der Waals surface area contributed by atoms with E-state index in [2.05, 4.69) is 20.0 Å². The Hall–Kier alpha value is -3.42. The first-order valence-corrected chi connectivity index (χ1v) is 13.8. The highest BCUT2D eigenvalue weighted by molar-refractivity contribution is 7.92. The number of rotatable bonds is 6. The van der Waals surface area contributed by atoms with Crippen LogP contribution in [-0.4, -0.2) is 51.6 Å². The first-order valence-electron chi connectivity index (χ1n) is 10.1. The second-order valence-corrected chi connectivity index (χ2v) is 11.7. The highest BCUT2D eigenvalue weighted by atomic mass is 35.5. The van der Waals surface area contributed by atoms with Crippen molar-refractivity contribution in [1.82, 2.24) is 9.97 Å². The fraction of sp³-hybridized carbons (Fsp3) is 0.190. The number of benzene rings is 2. The van der Waals surface area contributed by atoms with Gasteiger partial charge in [0.25, 0.3) is 15.9 Å². The molecule has 0 saturated carbocycles. The van der Waals surface area contributed by atoms with E-state index in [1.807, 2.05) is 0 Å². The molecule has 2 N–H and O–H groups in total. The Bertz CT molecular complexity index is 1500. The molecule has 0 bridgehead atoms. The lowest BCUT2D eigenvalue weighted by atomic mass is 10.2. The summed E-state index contributed by atoms with van der Waals surface area (Å²) in [5.74, 6) is -0.480. The van der Waals surface area contributed by atoms with Gasteiger partial charge >= 0.3 is 0 Å². The standard InChI is InChI=1S/C21H20ClN5O6S2/c1-13-9-10-23-21(24-13)26-35(31,32)16-6-4-15(5-7-16)25-20(28)19-12-27(34(2,29)30)17-11-14(22)3-8-18(17)33-19/h3-11,19H,12H2,1-2H3,(H,25,28)(H,23,24,26). The summed E-state index contributed by atoms with van der Waals surface area (Å²) in [5, 5.41) is 2.93. The number of nitrogens with zero attached hydrogens (tertiary/aromatic N) is 3. The van der Waals surface area contributed by atoms with E-state index in [0.29, 0.717) is 10.7 Å². The lowest BCUT2D eigenvalue weighted by Gasteiger charge is -2.34. The molecule has 0 fully saturated rings. The monoisotopic (exact) mass is 537 g/mol. The molecule has 3 aromatic rings. The minimum Gasteiger partial charge on any atom is -0.476 e. The SMILES string of the molecule is Cc1ccnc(NS(=O)(=O)c2ccc(NC(=O)C3CN(S(C)(=O)=O)c4cc(Cl)ccc4O3)cc2)n1. The summed E-state index contributed by atoms with van der Waals surface area (Å²) in [5.41, 5.74) is 1.13. The van der Waals surface area contributed by atoms with Crippen molar-refractivity contribution in [3.05, 3.63) is 65.4 Å². The molecule has 4 rings (SSSR count). The van der Waals surface area contributed by atoms with E-state index in [4.69, 9.17) is 16.3 Å². The van der Waals surface area contributed by atoms with Gasteiger partial charge in [-0.3, -0.25) is 9.10 Å². The summed E-state index contributed by atoms with van der Waals surface area (Å²) < 4.78 is 58.8. The third-order valence-corrected chi connectivity index (χ3v) is 7.66. The summed E-state index contributed by atoms with van der Waals surface area (Å²) in [6.45, 7) is 1.45. The van der Waals surface area contributed by atoms with Gasteiger partial charge in [0.15, 0.2) is 6.10 Å². The predicted molar refractivity (Wildman–Crippen MR) is 131 cm³/mol. The van der Waals surface area contributed by atoms with Gasteiger partial charge in [-0.25, -0.2) is 31.5 Å². The van der Waals surface area contributed by atoms with Gasteiger partial charge in [-0.15, -0.1) is 0 Å². The molecule has 1 unspecified atom stereocenters. The fourth-order valence-electron chi connectivity index (χ4n) is 3.29. The minimum atomic E-state index is -3.95. The van der Waals surface area contributed by atoms with E-state index in [1.165, 1.54) is 48.7 Å². The van der Waals surface area contributed by atoms with Crippen LogP contribution in [-0.2, 0) is 24.8 Å². The van der Waals surface area contributed by atoms with Crippen molar-refractivity contribution in [3.8, 4) is 5.75 Å². The number of hydrogen-bond donors (Lipinski definition) is 2.